The second-order valence-corrected chi connectivity index (χ2v) is 5.35. The fraction of sp³-hybridized carbons (Fsp3) is 0.455. The molecule has 0 unspecified atom stereocenters. The minimum Gasteiger partial charge on any atom is -0.373 e. The number of anilines is 1. The monoisotopic (exact) mass is 257 g/mol. The molecule has 1 aliphatic rings. The topological polar surface area (TPSA) is 3.24 Å². The zero-order valence-corrected chi connectivity index (χ0v) is 10.2. The number of likely N-dealkylation sites (N-methyl/N-ethyl adjacent to an activating group) is 1. The van der Waals surface area contributed by atoms with Gasteiger partial charge < -0.3 is 4.90 Å². The normalized spacial score (nSPS) is 18.5. The Hall–Kier alpha value is -0.570. The Morgan fingerprint density at radius 2 is 2.07 bits per heavy atom. The highest BCUT2D eigenvalue weighted by Crippen LogP contribution is 2.42. The average Bonchev–Trinajstić information content (AvgIpc) is 2.29. The van der Waals surface area contributed by atoms with Crippen molar-refractivity contribution >= 4 is 21.6 Å². The van der Waals surface area contributed by atoms with Crippen LogP contribution < -0.4 is 4.90 Å². The van der Waals surface area contributed by atoms with Crippen LogP contribution in [0.3, 0.4) is 0 Å². The van der Waals surface area contributed by atoms with Gasteiger partial charge in [0.2, 0.25) is 0 Å². The summed E-state index contributed by atoms with van der Waals surface area (Å²) >= 11 is 3.23. The second-order valence-electron chi connectivity index (χ2n) is 4.50. The third-order valence-electron chi connectivity index (χ3n) is 2.79. The van der Waals surface area contributed by atoms with Crippen molar-refractivity contribution in [2.45, 2.75) is 19.3 Å². The first-order valence-corrected chi connectivity index (χ1v) is 5.42. The van der Waals surface area contributed by atoms with Crippen molar-refractivity contribution in [3.63, 3.8) is 0 Å². The predicted octanol–water partition coefficient (Wildman–Crippen LogP) is 3.32. The summed E-state index contributed by atoms with van der Waals surface area (Å²) in [4.78, 5) is 2.10. The highest BCUT2D eigenvalue weighted by atomic mass is 79.9. The molecule has 14 heavy (non-hydrogen) atoms. The lowest BCUT2D eigenvalue weighted by atomic mass is 9.86. The summed E-state index contributed by atoms with van der Waals surface area (Å²) in [5.74, 6) is -0.114. The molecule has 0 atom stereocenters. The fourth-order valence-corrected chi connectivity index (χ4v) is 2.59. The molecule has 0 saturated heterocycles. The molecule has 3 heteroatoms. The zero-order valence-electron chi connectivity index (χ0n) is 8.56. The van der Waals surface area contributed by atoms with E-state index in [4.69, 9.17) is 0 Å². The van der Waals surface area contributed by atoms with Crippen LogP contribution in [-0.2, 0) is 5.41 Å². The lowest BCUT2D eigenvalue weighted by molar-refractivity contribution is 0.514. The molecule has 1 aromatic rings. The van der Waals surface area contributed by atoms with Crippen molar-refractivity contribution in [3.8, 4) is 0 Å². The van der Waals surface area contributed by atoms with E-state index < -0.39 is 0 Å². The summed E-state index contributed by atoms with van der Waals surface area (Å²) in [6.45, 7) is 5.02. The molecule has 0 radical (unpaired) electrons. The lowest BCUT2D eigenvalue weighted by Crippen LogP contribution is -2.25. The Bertz CT molecular complexity index is 387. The number of hydrogen-bond donors (Lipinski definition) is 0. The van der Waals surface area contributed by atoms with Gasteiger partial charge in [-0.3, -0.25) is 0 Å². The number of hydrogen-bond acceptors (Lipinski definition) is 1. The largest absolute Gasteiger partial charge is 0.373 e. The van der Waals surface area contributed by atoms with Gasteiger partial charge in [0.1, 0.15) is 5.82 Å². The molecule has 0 aliphatic carbocycles. The summed E-state index contributed by atoms with van der Waals surface area (Å²) < 4.78 is 14.5. The minimum absolute atomic E-state index is 0.0993. The first-order chi connectivity index (χ1) is 6.43. The first-order valence-electron chi connectivity index (χ1n) is 4.63. The van der Waals surface area contributed by atoms with Crippen LogP contribution >= 0.6 is 15.9 Å². The Balaban J connectivity index is 2.70. The Labute approximate surface area is 92.0 Å². The van der Waals surface area contributed by atoms with Crippen LogP contribution in [0.25, 0.3) is 0 Å². The lowest BCUT2D eigenvalue weighted by Gasteiger charge is -2.19. The van der Waals surface area contributed by atoms with Gasteiger partial charge in [-0.15, -0.1) is 0 Å². The smallest absolute Gasteiger partial charge is 0.143 e. The predicted molar refractivity (Wildman–Crippen MR) is 60.4 cm³/mol. The van der Waals surface area contributed by atoms with Gasteiger partial charge in [-0.05, 0) is 28.1 Å². The molecule has 1 aromatic carbocycles. The molecule has 0 aromatic heterocycles. The van der Waals surface area contributed by atoms with Crippen LogP contribution in [0.1, 0.15) is 19.4 Å². The van der Waals surface area contributed by atoms with E-state index in [9.17, 15) is 4.39 Å². The third-order valence-corrected chi connectivity index (χ3v) is 3.41. The standard InChI is InChI=1S/C11H13BrFN/c1-11(2)6-14(3)8-5-4-7(12)10(13)9(8)11/h4-5H,6H2,1-3H3. The van der Waals surface area contributed by atoms with Gasteiger partial charge in [0.05, 0.1) is 4.47 Å². The summed E-state index contributed by atoms with van der Waals surface area (Å²) in [7, 11) is 2.00. The summed E-state index contributed by atoms with van der Waals surface area (Å²) in [6.07, 6.45) is 0. The van der Waals surface area contributed by atoms with E-state index in [0.29, 0.717) is 4.47 Å². The molecule has 0 bridgehead atoms. The molecule has 0 saturated carbocycles. The van der Waals surface area contributed by atoms with E-state index in [1.54, 1.807) is 6.07 Å². The Morgan fingerprint density at radius 1 is 1.43 bits per heavy atom. The molecule has 0 amide bonds. The van der Waals surface area contributed by atoms with Gasteiger partial charge >= 0.3 is 0 Å². The van der Waals surface area contributed by atoms with E-state index in [-0.39, 0.29) is 11.2 Å². The van der Waals surface area contributed by atoms with Crippen molar-refractivity contribution in [1.29, 1.82) is 0 Å². The molecule has 1 nitrogen and oxygen atoms in total. The summed E-state index contributed by atoms with van der Waals surface area (Å²) in [5.41, 5.74) is 1.74. The van der Waals surface area contributed by atoms with Crippen LogP contribution in [0.4, 0.5) is 10.1 Å². The van der Waals surface area contributed by atoms with E-state index in [0.717, 1.165) is 17.8 Å². The van der Waals surface area contributed by atoms with Gasteiger partial charge in [0.15, 0.2) is 0 Å². The first kappa shape index (κ1) is 9.97. The highest BCUT2D eigenvalue weighted by molar-refractivity contribution is 9.10. The van der Waals surface area contributed by atoms with Crippen molar-refractivity contribution < 1.29 is 4.39 Å². The van der Waals surface area contributed by atoms with Gasteiger partial charge in [-0.1, -0.05) is 13.8 Å². The molecular formula is C11H13BrFN. The number of fused-ring (bicyclic) bond motifs is 1. The van der Waals surface area contributed by atoms with E-state index in [1.165, 1.54) is 0 Å². The van der Waals surface area contributed by atoms with Gasteiger partial charge in [-0.25, -0.2) is 4.39 Å². The highest BCUT2D eigenvalue weighted by Gasteiger charge is 2.36. The van der Waals surface area contributed by atoms with Gasteiger partial charge in [0.25, 0.3) is 0 Å². The van der Waals surface area contributed by atoms with Crippen LogP contribution in [-0.4, -0.2) is 13.6 Å². The quantitative estimate of drug-likeness (QED) is 0.690. The fourth-order valence-electron chi connectivity index (χ4n) is 2.26. The molecule has 76 valence electrons. The van der Waals surface area contributed by atoms with Crippen LogP contribution in [0.2, 0.25) is 0 Å². The Morgan fingerprint density at radius 3 is 2.71 bits per heavy atom. The summed E-state index contributed by atoms with van der Waals surface area (Å²) in [6, 6.07) is 3.74. The second kappa shape index (κ2) is 2.96. The zero-order chi connectivity index (χ0) is 10.5. The van der Waals surface area contributed by atoms with Crippen molar-refractivity contribution in [2.24, 2.45) is 0 Å². The molecule has 0 fully saturated rings. The maximum Gasteiger partial charge on any atom is 0.143 e. The average molecular weight is 258 g/mol. The molecular weight excluding hydrogens is 245 g/mol. The number of halogens is 2. The maximum absolute atomic E-state index is 13.9. The van der Waals surface area contributed by atoms with E-state index in [1.807, 2.05) is 13.1 Å². The van der Waals surface area contributed by atoms with E-state index >= 15 is 0 Å². The minimum atomic E-state index is -0.114. The third kappa shape index (κ3) is 1.26. The van der Waals surface area contributed by atoms with Crippen LogP contribution in [0, 0.1) is 5.82 Å². The number of rotatable bonds is 0. The van der Waals surface area contributed by atoms with Crippen LogP contribution in [0.5, 0.6) is 0 Å². The van der Waals surface area contributed by atoms with Crippen molar-refractivity contribution in [2.75, 3.05) is 18.5 Å². The molecule has 2 rings (SSSR count). The Kier molecular flexibility index (Phi) is 2.11. The van der Waals surface area contributed by atoms with E-state index in [2.05, 4.69) is 34.7 Å². The summed E-state index contributed by atoms with van der Waals surface area (Å²) in [5, 5.41) is 0. The van der Waals surface area contributed by atoms with Crippen molar-refractivity contribution in [1.82, 2.24) is 0 Å². The molecule has 1 heterocycles. The molecule has 1 aliphatic heterocycles. The SMILES string of the molecule is CN1CC(C)(C)c2c1ccc(Br)c2F. The van der Waals surface area contributed by atoms with Gasteiger partial charge in [-0.2, -0.15) is 0 Å². The molecule has 0 N–H and O–H groups in total. The number of nitrogens with zero attached hydrogens (tertiary/aromatic N) is 1. The van der Waals surface area contributed by atoms with Crippen molar-refractivity contribution in [3.05, 3.63) is 28.0 Å². The number of benzene rings is 1. The van der Waals surface area contributed by atoms with Gasteiger partial charge in [0, 0.05) is 30.3 Å². The molecule has 0 spiro atoms. The van der Waals surface area contributed by atoms with Crippen LogP contribution in [0.15, 0.2) is 16.6 Å². The maximum atomic E-state index is 13.9.